The van der Waals surface area contributed by atoms with Gasteiger partial charge in [-0.2, -0.15) is 0 Å². The maximum atomic E-state index is 6.20. The monoisotopic (exact) mass is 613 g/mol. The van der Waals surface area contributed by atoms with Crippen molar-refractivity contribution in [3.05, 3.63) is 188 Å². The summed E-state index contributed by atoms with van der Waals surface area (Å²) in [6.45, 7) is 0. The zero-order valence-corrected chi connectivity index (χ0v) is 26.3. The smallest absolute Gasteiger partial charge is 0.136 e. The third kappa shape index (κ3) is 4.92. The van der Waals surface area contributed by atoms with Crippen LogP contribution in [0.2, 0.25) is 0 Å². The predicted octanol–water partition coefficient (Wildman–Crippen LogP) is 13.2. The Labute approximate surface area is 279 Å². The summed E-state index contributed by atoms with van der Waals surface area (Å²) in [5.41, 5.74) is 12.3. The molecular weight excluding hydrogens is 583 g/mol. The highest BCUT2D eigenvalue weighted by molar-refractivity contribution is 6.20. The van der Waals surface area contributed by atoms with E-state index in [0.29, 0.717) is 0 Å². The van der Waals surface area contributed by atoms with Crippen molar-refractivity contribution in [3.63, 3.8) is 0 Å². The zero-order valence-electron chi connectivity index (χ0n) is 26.3. The van der Waals surface area contributed by atoms with Gasteiger partial charge in [-0.3, -0.25) is 0 Å². The molecule has 0 radical (unpaired) electrons. The summed E-state index contributed by atoms with van der Waals surface area (Å²) < 4.78 is 6.20. The minimum Gasteiger partial charge on any atom is -0.456 e. The Balaban J connectivity index is 1.15. The van der Waals surface area contributed by atoms with Gasteiger partial charge in [0.1, 0.15) is 11.2 Å². The molecule has 48 heavy (non-hydrogen) atoms. The summed E-state index contributed by atoms with van der Waals surface area (Å²) in [5.74, 6) is 0. The molecule has 9 aromatic rings. The van der Waals surface area contributed by atoms with E-state index in [9.17, 15) is 0 Å². The zero-order chi connectivity index (χ0) is 31.9. The van der Waals surface area contributed by atoms with Crippen molar-refractivity contribution in [2.45, 2.75) is 0 Å². The predicted molar refractivity (Wildman–Crippen MR) is 202 cm³/mol. The standard InChI is InChI=1S/C46H31NO/c1-3-11-32(12-4-1)34-21-25-37(26-22-34)47(39-16-9-15-36(31-39)33-13-5-2-6-14-33)38-27-23-35(24-28-38)40-18-10-19-42-41(40)29-30-45-46(42)43-17-7-8-20-44(43)48-45/h1-31H. The van der Waals surface area contributed by atoms with Crippen molar-refractivity contribution in [3.8, 4) is 33.4 Å². The highest BCUT2D eigenvalue weighted by atomic mass is 16.3. The first-order valence-corrected chi connectivity index (χ1v) is 16.3. The lowest BCUT2D eigenvalue weighted by Gasteiger charge is -2.26. The molecule has 0 bridgehead atoms. The molecule has 0 aliphatic heterocycles. The Morgan fingerprint density at radius 1 is 0.312 bits per heavy atom. The molecular formula is C46H31NO. The molecule has 226 valence electrons. The summed E-state index contributed by atoms with van der Waals surface area (Å²) >= 11 is 0. The topological polar surface area (TPSA) is 16.4 Å². The van der Waals surface area contributed by atoms with E-state index < -0.39 is 0 Å². The molecule has 0 N–H and O–H groups in total. The third-order valence-corrected chi connectivity index (χ3v) is 9.28. The third-order valence-electron chi connectivity index (χ3n) is 9.28. The number of nitrogens with zero attached hydrogens (tertiary/aromatic N) is 1. The maximum Gasteiger partial charge on any atom is 0.136 e. The van der Waals surface area contributed by atoms with E-state index in [0.717, 1.165) is 33.6 Å². The van der Waals surface area contributed by atoms with Gasteiger partial charge < -0.3 is 9.32 Å². The van der Waals surface area contributed by atoms with E-state index in [4.69, 9.17) is 4.42 Å². The van der Waals surface area contributed by atoms with Crippen LogP contribution in [0, 0.1) is 0 Å². The van der Waals surface area contributed by atoms with Crippen molar-refractivity contribution >= 4 is 49.8 Å². The average molecular weight is 614 g/mol. The molecule has 0 saturated carbocycles. The number of furan rings is 1. The van der Waals surface area contributed by atoms with Crippen molar-refractivity contribution < 1.29 is 4.42 Å². The van der Waals surface area contributed by atoms with Crippen molar-refractivity contribution in [2.24, 2.45) is 0 Å². The van der Waals surface area contributed by atoms with Crippen LogP contribution in [0.1, 0.15) is 0 Å². The fraction of sp³-hybridized carbons (Fsp3) is 0. The van der Waals surface area contributed by atoms with E-state index in [1.165, 1.54) is 49.5 Å². The van der Waals surface area contributed by atoms with E-state index in [1.807, 2.05) is 12.1 Å². The largest absolute Gasteiger partial charge is 0.456 e. The molecule has 2 nitrogen and oxygen atoms in total. The number of benzene rings is 8. The summed E-state index contributed by atoms with van der Waals surface area (Å²) in [6.07, 6.45) is 0. The molecule has 0 amide bonds. The van der Waals surface area contributed by atoms with Gasteiger partial charge in [-0.25, -0.2) is 0 Å². The van der Waals surface area contributed by atoms with E-state index in [-0.39, 0.29) is 0 Å². The number of anilines is 3. The first-order chi connectivity index (χ1) is 23.8. The van der Waals surface area contributed by atoms with Crippen molar-refractivity contribution in [1.29, 1.82) is 0 Å². The molecule has 1 heterocycles. The van der Waals surface area contributed by atoms with Crippen molar-refractivity contribution in [2.75, 3.05) is 4.90 Å². The first-order valence-electron chi connectivity index (χ1n) is 16.3. The fourth-order valence-corrected chi connectivity index (χ4v) is 6.96. The molecule has 0 spiro atoms. The molecule has 1 aromatic heterocycles. The summed E-state index contributed by atoms with van der Waals surface area (Å²) in [5, 5.41) is 4.74. The second kappa shape index (κ2) is 11.8. The van der Waals surface area contributed by atoms with Gasteiger partial charge in [0.15, 0.2) is 0 Å². The molecule has 0 aliphatic rings. The Hall–Kier alpha value is -6.38. The van der Waals surface area contributed by atoms with Crippen LogP contribution in [0.15, 0.2) is 192 Å². The average Bonchev–Trinajstić information content (AvgIpc) is 3.56. The summed E-state index contributed by atoms with van der Waals surface area (Å²) in [4.78, 5) is 2.34. The van der Waals surface area contributed by atoms with Gasteiger partial charge >= 0.3 is 0 Å². The highest BCUT2D eigenvalue weighted by Gasteiger charge is 2.16. The minimum absolute atomic E-state index is 0.919. The van der Waals surface area contributed by atoms with E-state index >= 15 is 0 Å². The second-order valence-corrected chi connectivity index (χ2v) is 12.1. The molecule has 0 atom stereocenters. The van der Waals surface area contributed by atoms with Gasteiger partial charge in [-0.1, -0.05) is 140 Å². The first kappa shape index (κ1) is 27.9. The molecule has 0 fully saturated rings. The quantitative estimate of drug-likeness (QED) is 0.185. The van der Waals surface area contributed by atoms with Crippen LogP contribution in [-0.2, 0) is 0 Å². The van der Waals surface area contributed by atoms with Crippen LogP contribution >= 0.6 is 0 Å². The van der Waals surface area contributed by atoms with Crippen LogP contribution in [0.5, 0.6) is 0 Å². The molecule has 9 rings (SSSR count). The number of rotatable bonds is 6. The van der Waals surface area contributed by atoms with Crippen LogP contribution in [-0.4, -0.2) is 0 Å². The number of para-hydroxylation sites is 1. The number of hydrogen-bond donors (Lipinski definition) is 0. The Bertz CT molecular complexity index is 2530. The normalized spacial score (nSPS) is 11.3. The fourth-order valence-electron chi connectivity index (χ4n) is 6.96. The summed E-state index contributed by atoms with van der Waals surface area (Å²) in [6, 6.07) is 66.9. The van der Waals surface area contributed by atoms with Gasteiger partial charge in [0, 0.05) is 27.8 Å². The summed E-state index contributed by atoms with van der Waals surface area (Å²) in [7, 11) is 0. The molecule has 2 heteroatoms. The maximum absolute atomic E-state index is 6.20. The molecule has 8 aromatic carbocycles. The van der Waals surface area contributed by atoms with Crippen LogP contribution in [0.25, 0.3) is 66.1 Å². The molecule has 0 unspecified atom stereocenters. The van der Waals surface area contributed by atoms with Gasteiger partial charge in [0.2, 0.25) is 0 Å². The van der Waals surface area contributed by atoms with Gasteiger partial charge in [-0.05, 0) is 92.7 Å². The van der Waals surface area contributed by atoms with E-state index in [2.05, 4.69) is 181 Å². The Morgan fingerprint density at radius 2 is 0.875 bits per heavy atom. The SMILES string of the molecule is c1ccc(-c2ccc(N(c3ccc(-c4cccc5c4ccc4oc6ccccc6c45)cc3)c3cccc(-c4ccccc4)c3)cc2)cc1. The van der Waals surface area contributed by atoms with Gasteiger partial charge in [0.05, 0.1) is 0 Å². The highest BCUT2D eigenvalue weighted by Crippen LogP contribution is 2.41. The second-order valence-electron chi connectivity index (χ2n) is 12.1. The Kier molecular flexibility index (Phi) is 6.84. The lowest BCUT2D eigenvalue weighted by molar-refractivity contribution is 0.669. The van der Waals surface area contributed by atoms with Crippen molar-refractivity contribution in [1.82, 2.24) is 0 Å². The lowest BCUT2D eigenvalue weighted by atomic mass is 9.95. The minimum atomic E-state index is 0.919. The molecule has 0 saturated heterocycles. The Morgan fingerprint density at radius 3 is 1.60 bits per heavy atom. The lowest BCUT2D eigenvalue weighted by Crippen LogP contribution is -2.10. The van der Waals surface area contributed by atoms with Gasteiger partial charge in [0.25, 0.3) is 0 Å². The van der Waals surface area contributed by atoms with Gasteiger partial charge in [-0.15, -0.1) is 0 Å². The number of fused-ring (bicyclic) bond motifs is 5. The molecule has 0 aliphatic carbocycles. The van der Waals surface area contributed by atoms with Crippen LogP contribution in [0.3, 0.4) is 0 Å². The van der Waals surface area contributed by atoms with E-state index in [1.54, 1.807) is 0 Å². The number of hydrogen-bond acceptors (Lipinski definition) is 2. The van der Waals surface area contributed by atoms with Crippen LogP contribution in [0.4, 0.5) is 17.1 Å². The van der Waals surface area contributed by atoms with Crippen LogP contribution < -0.4 is 4.90 Å².